The molecule has 0 aliphatic heterocycles. The van der Waals surface area contributed by atoms with Gasteiger partial charge in [-0.25, -0.2) is 4.79 Å². The first kappa shape index (κ1) is 8.64. The topological polar surface area (TPSA) is 65.5 Å². The summed E-state index contributed by atoms with van der Waals surface area (Å²) in [5, 5.41) is 0. The van der Waals surface area contributed by atoms with E-state index in [0.29, 0.717) is 6.42 Å². The number of carbonyl (C=O) groups is 1. The van der Waals surface area contributed by atoms with Gasteiger partial charge < -0.3 is 14.9 Å². The van der Waals surface area contributed by atoms with Crippen LogP contribution in [0.25, 0.3) is 0 Å². The monoisotopic (exact) mass is 169 g/mol. The number of nitrogens with two attached hydrogens (primary N) is 1. The standard InChI is InChI=1S/C8H11NO3/c1-6(12-8(9)10)5-7-3-2-4-11-7/h2-4,6H,5H2,1H3,(H2,9,10). The summed E-state index contributed by atoms with van der Waals surface area (Å²) in [5.74, 6) is 0.781. The third-order valence-electron chi connectivity index (χ3n) is 1.39. The van der Waals surface area contributed by atoms with E-state index in [1.807, 2.05) is 6.07 Å². The molecular formula is C8H11NO3. The minimum absolute atomic E-state index is 0.242. The van der Waals surface area contributed by atoms with Crippen LogP contribution in [0.15, 0.2) is 22.8 Å². The number of carbonyl (C=O) groups excluding carboxylic acids is 1. The lowest BCUT2D eigenvalue weighted by molar-refractivity contribution is 0.113. The van der Waals surface area contributed by atoms with Crippen molar-refractivity contribution in [2.45, 2.75) is 19.4 Å². The van der Waals surface area contributed by atoms with Crippen LogP contribution >= 0.6 is 0 Å². The quantitative estimate of drug-likeness (QED) is 0.741. The van der Waals surface area contributed by atoms with Gasteiger partial charge in [0, 0.05) is 6.42 Å². The van der Waals surface area contributed by atoms with Crippen LogP contribution < -0.4 is 5.73 Å². The van der Waals surface area contributed by atoms with Gasteiger partial charge in [0.25, 0.3) is 0 Å². The highest BCUT2D eigenvalue weighted by Crippen LogP contribution is 2.05. The van der Waals surface area contributed by atoms with Crippen molar-refractivity contribution >= 4 is 6.09 Å². The van der Waals surface area contributed by atoms with Gasteiger partial charge in [-0.3, -0.25) is 0 Å². The molecule has 0 aliphatic rings. The molecule has 12 heavy (non-hydrogen) atoms. The molecule has 0 aromatic carbocycles. The molecule has 4 heteroatoms. The highest BCUT2D eigenvalue weighted by atomic mass is 16.6. The Morgan fingerprint density at radius 3 is 3.08 bits per heavy atom. The van der Waals surface area contributed by atoms with E-state index in [-0.39, 0.29) is 6.10 Å². The SMILES string of the molecule is CC(Cc1ccco1)OC(N)=O. The van der Waals surface area contributed by atoms with Crippen molar-refractivity contribution in [3.8, 4) is 0 Å². The second kappa shape index (κ2) is 3.80. The van der Waals surface area contributed by atoms with Crippen LogP contribution in [-0.4, -0.2) is 12.2 Å². The molecule has 0 aliphatic carbocycles. The van der Waals surface area contributed by atoms with Crippen LogP contribution in [0.3, 0.4) is 0 Å². The van der Waals surface area contributed by atoms with E-state index in [2.05, 4.69) is 0 Å². The average molecular weight is 169 g/mol. The highest BCUT2D eigenvalue weighted by Gasteiger charge is 2.08. The van der Waals surface area contributed by atoms with Crippen LogP contribution in [0.2, 0.25) is 0 Å². The molecule has 1 heterocycles. The van der Waals surface area contributed by atoms with Gasteiger partial charge in [0.05, 0.1) is 6.26 Å². The van der Waals surface area contributed by atoms with E-state index in [1.165, 1.54) is 0 Å². The normalized spacial score (nSPS) is 12.4. The predicted octanol–water partition coefficient (Wildman–Crippen LogP) is 1.31. The van der Waals surface area contributed by atoms with Gasteiger partial charge in [0.2, 0.25) is 0 Å². The van der Waals surface area contributed by atoms with Gasteiger partial charge in [-0.05, 0) is 19.1 Å². The van der Waals surface area contributed by atoms with Crippen molar-refractivity contribution in [1.29, 1.82) is 0 Å². The number of rotatable bonds is 3. The molecule has 4 nitrogen and oxygen atoms in total. The van der Waals surface area contributed by atoms with Crippen molar-refractivity contribution in [2.75, 3.05) is 0 Å². The van der Waals surface area contributed by atoms with Gasteiger partial charge in [0.15, 0.2) is 0 Å². The first-order valence-corrected chi connectivity index (χ1v) is 3.67. The van der Waals surface area contributed by atoms with Gasteiger partial charge in [-0.2, -0.15) is 0 Å². The van der Waals surface area contributed by atoms with E-state index < -0.39 is 6.09 Å². The summed E-state index contributed by atoms with van der Waals surface area (Å²) >= 11 is 0. The lowest BCUT2D eigenvalue weighted by Crippen LogP contribution is -2.21. The molecule has 0 fully saturated rings. The number of hydrogen-bond donors (Lipinski definition) is 1. The Kier molecular flexibility index (Phi) is 2.74. The zero-order valence-corrected chi connectivity index (χ0v) is 6.82. The number of amides is 1. The van der Waals surface area contributed by atoms with E-state index in [9.17, 15) is 4.79 Å². The zero-order valence-electron chi connectivity index (χ0n) is 6.82. The molecule has 0 spiro atoms. The Hall–Kier alpha value is -1.45. The molecule has 0 saturated carbocycles. The van der Waals surface area contributed by atoms with Crippen molar-refractivity contribution in [3.63, 3.8) is 0 Å². The van der Waals surface area contributed by atoms with Crippen LogP contribution in [0, 0.1) is 0 Å². The Morgan fingerprint density at radius 2 is 2.58 bits per heavy atom. The van der Waals surface area contributed by atoms with Gasteiger partial charge >= 0.3 is 6.09 Å². The minimum Gasteiger partial charge on any atom is -0.469 e. The Labute approximate surface area is 70.3 Å². The molecule has 1 aromatic rings. The van der Waals surface area contributed by atoms with Crippen LogP contribution in [0.5, 0.6) is 0 Å². The number of primary amides is 1. The van der Waals surface area contributed by atoms with Crippen molar-refractivity contribution < 1.29 is 13.9 Å². The summed E-state index contributed by atoms with van der Waals surface area (Å²) in [5.41, 5.74) is 4.83. The Morgan fingerprint density at radius 1 is 1.83 bits per heavy atom. The maximum absolute atomic E-state index is 10.3. The molecule has 0 radical (unpaired) electrons. The fourth-order valence-corrected chi connectivity index (χ4v) is 0.952. The first-order chi connectivity index (χ1) is 5.68. The molecule has 66 valence electrons. The predicted molar refractivity (Wildman–Crippen MR) is 42.5 cm³/mol. The number of hydrogen-bond acceptors (Lipinski definition) is 3. The van der Waals surface area contributed by atoms with Crippen LogP contribution in [-0.2, 0) is 11.2 Å². The smallest absolute Gasteiger partial charge is 0.404 e. The molecule has 2 N–H and O–H groups in total. The summed E-state index contributed by atoms with van der Waals surface area (Å²) in [4.78, 5) is 10.3. The van der Waals surface area contributed by atoms with E-state index in [0.717, 1.165) is 5.76 Å². The zero-order chi connectivity index (χ0) is 8.97. The summed E-state index contributed by atoms with van der Waals surface area (Å²) < 4.78 is 9.76. The lowest BCUT2D eigenvalue weighted by atomic mass is 10.2. The summed E-state index contributed by atoms with van der Waals surface area (Å²) in [7, 11) is 0. The van der Waals surface area contributed by atoms with E-state index >= 15 is 0 Å². The Bertz CT molecular complexity index is 243. The molecule has 0 bridgehead atoms. The number of furan rings is 1. The minimum atomic E-state index is -0.756. The van der Waals surface area contributed by atoms with Crippen LogP contribution in [0.1, 0.15) is 12.7 Å². The molecular weight excluding hydrogens is 158 g/mol. The molecule has 1 atom stereocenters. The second-order valence-corrected chi connectivity index (χ2v) is 2.53. The largest absolute Gasteiger partial charge is 0.469 e. The third kappa shape index (κ3) is 2.65. The highest BCUT2D eigenvalue weighted by molar-refractivity contribution is 5.64. The summed E-state index contributed by atoms with van der Waals surface area (Å²) in [6, 6.07) is 3.60. The third-order valence-corrected chi connectivity index (χ3v) is 1.39. The molecule has 1 aromatic heterocycles. The average Bonchev–Trinajstić information content (AvgIpc) is 2.37. The second-order valence-electron chi connectivity index (χ2n) is 2.53. The maximum Gasteiger partial charge on any atom is 0.404 e. The molecule has 0 saturated heterocycles. The van der Waals surface area contributed by atoms with Crippen molar-refractivity contribution in [1.82, 2.24) is 0 Å². The maximum atomic E-state index is 10.3. The fourth-order valence-electron chi connectivity index (χ4n) is 0.952. The summed E-state index contributed by atoms with van der Waals surface area (Å²) in [6.07, 6.45) is 1.13. The van der Waals surface area contributed by atoms with Gasteiger partial charge in [-0.15, -0.1) is 0 Å². The van der Waals surface area contributed by atoms with Crippen molar-refractivity contribution in [3.05, 3.63) is 24.2 Å². The molecule has 1 unspecified atom stereocenters. The molecule has 1 amide bonds. The van der Waals surface area contributed by atoms with Gasteiger partial charge in [-0.1, -0.05) is 0 Å². The first-order valence-electron chi connectivity index (χ1n) is 3.67. The number of ether oxygens (including phenoxy) is 1. The fraction of sp³-hybridized carbons (Fsp3) is 0.375. The van der Waals surface area contributed by atoms with Crippen molar-refractivity contribution in [2.24, 2.45) is 5.73 Å². The summed E-state index contributed by atoms with van der Waals surface area (Å²) in [6.45, 7) is 1.76. The van der Waals surface area contributed by atoms with Gasteiger partial charge in [0.1, 0.15) is 11.9 Å². The van der Waals surface area contributed by atoms with E-state index in [4.69, 9.17) is 14.9 Å². The van der Waals surface area contributed by atoms with Crippen LogP contribution in [0.4, 0.5) is 4.79 Å². The molecule has 1 rings (SSSR count). The van der Waals surface area contributed by atoms with E-state index in [1.54, 1.807) is 19.3 Å². The Balaban J connectivity index is 2.36. The lowest BCUT2D eigenvalue weighted by Gasteiger charge is -2.08.